The molecule has 0 aromatic heterocycles. The topological polar surface area (TPSA) is 88.1 Å². The van der Waals surface area contributed by atoms with Crippen LogP contribution in [0, 0.1) is 51.8 Å². The van der Waals surface area contributed by atoms with E-state index >= 15 is 0 Å². The predicted octanol–water partition coefficient (Wildman–Crippen LogP) is 7.14. The summed E-state index contributed by atoms with van der Waals surface area (Å²) in [5, 5.41) is 0. The van der Waals surface area contributed by atoms with E-state index in [0.717, 1.165) is 49.9 Å². The zero-order valence-corrected chi connectivity index (χ0v) is 27.7. The number of ether oxygens (including phenoxy) is 4. The van der Waals surface area contributed by atoms with Crippen LogP contribution in [0.4, 0.5) is 0 Å². The first-order valence-electron chi connectivity index (χ1n) is 16.7. The minimum atomic E-state index is -0.596. The number of rotatable bonds is 12. The van der Waals surface area contributed by atoms with Gasteiger partial charge in [0, 0.05) is 5.41 Å². The van der Waals surface area contributed by atoms with Crippen LogP contribution in [-0.4, -0.2) is 49.9 Å². The number of esters is 3. The summed E-state index contributed by atoms with van der Waals surface area (Å²) in [5.74, 6) is 0.168. The Balaban J connectivity index is 1.23. The second kappa shape index (κ2) is 12.8. The molecule has 4 bridgehead atoms. The van der Waals surface area contributed by atoms with E-state index in [2.05, 4.69) is 41.5 Å². The lowest BCUT2D eigenvalue weighted by Gasteiger charge is -2.61. The normalized spacial score (nSPS) is 32.4. The first-order valence-corrected chi connectivity index (χ1v) is 16.7. The highest BCUT2D eigenvalue weighted by molar-refractivity contribution is 5.83. The van der Waals surface area contributed by atoms with Gasteiger partial charge in [0.05, 0.1) is 25.0 Å². The number of hydrogen-bond acceptors (Lipinski definition) is 7. The molecule has 3 unspecified atom stereocenters. The molecule has 240 valence electrons. The Kier molecular flexibility index (Phi) is 10.1. The molecular formula is C35H58O7. The third-order valence-electron chi connectivity index (χ3n) is 12.2. The average Bonchev–Trinajstić information content (AvgIpc) is 2.89. The van der Waals surface area contributed by atoms with Crippen LogP contribution in [0.5, 0.6) is 0 Å². The molecule has 0 heterocycles. The summed E-state index contributed by atoms with van der Waals surface area (Å²) in [4.78, 5) is 39.0. The fourth-order valence-electron chi connectivity index (χ4n) is 9.04. The van der Waals surface area contributed by atoms with Gasteiger partial charge in [-0.05, 0) is 99.7 Å². The molecule has 0 aromatic carbocycles. The first kappa shape index (κ1) is 33.3. The van der Waals surface area contributed by atoms with E-state index in [1.54, 1.807) is 0 Å². The first-order chi connectivity index (χ1) is 19.6. The van der Waals surface area contributed by atoms with Crippen LogP contribution >= 0.6 is 0 Å². The van der Waals surface area contributed by atoms with Crippen molar-refractivity contribution in [3.63, 3.8) is 0 Å². The van der Waals surface area contributed by atoms with Gasteiger partial charge in [0.2, 0.25) is 0 Å². The molecular weight excluding hydrogens is 532 g/mol. The molecule has 0 aliphatic heterocycles. The second-order valence-corrected chi connectivity index (χ2v) is 16.3. The Morgan fingerprint density at radius 2 is 1.26 bits per heavy atom. The van der Waals surface area contributed by atoms with Crippen molar-refractivity contribution in [3.8, 4) is 0 Å². The molecule has 5 saturated carbocycles. The Morgan fingerprint density at radius 1 is 0.762 bits per heavy atom. The fraction of sp³-hybridized carbons (Fsp3) is 0.914. The zero-order valence-electron chi connectivity index (χ0n) is 27.7. The molecule has 0 amide bonds. The van der Waals surface area contributed by atoms with E-state index in [1.165, 1.54) is 19.3 Å². The Bertz CT molecular complexity index is 941. The van der Waals surface area contributed by atoms with Crippen molar-refractivity contribution in [2.24, 2.45) is 51.8 Å². The van der Waals surface area contributed by atoms with Crippen LogP contribution in [0.1, 0.15) is 120 Å². The van der Waals surface area contributed by atoms with Gasteiger partial charge in [0.1, 0.15) is 12.2 Å². The zero-order chi connectivity index (χ0) is 30.9. The molecule has 5 rings (SSSR count). The van der Waals surface area contributed by atoms with Crippen LogP contribution < -0.4 is 0 Å². The van der Waals surface area contributed by atoms with E-state index in [-0.39, 0.29) is 28.8 Å². The highest BCUT2D eigenvalue weighted by atomic mass is 16.6. The summed E-state index contributed by atoms with van der Waals surface area (Å²) in [6.45, 7) is 18.1. The molecule has 0 N–H and O–H groups in total. The number of carbonyl (C=O) groups is 3. The van der Waals surface area contributed by atoms with Gasteiger partial charge in [-0.15, -0.1) is 0 Å². The van der Waals surface area contributed by atoms with Gasteiger partial charge in [-0.3, -0.25) is 9.59 Å². The number of hydrogen-bond donors (Lipinski definition) is 0. The minimum absolute atomic E-state index is 0.0131. The smallest absolute Gasteiger partial charge is 0.344 e. The fourth-order valence-corrected chi connectivity index (χ4v) is 9.04. The second-order valence-electron chi connectivity index (χ2n) is 16.3. The van der Waals surface area contributed by atoms with Crippen LogP contribution in [0.25, 0.3) is 0 Å². The van der Waals surface area contributed by atoms with Crippen molar-refractivity contribution >= 4 is 17.9 Å². The maximum absolute atomic E-state index is 13.1. The largest absolute Gasteiger partial charge is 0.463 e. The summed E-state index contributed by atoms with van der Waals surface area (Å²) >= 11 is 0. The number of carbonyl (C=O) groups excluding carboxylic acids is 3. The average molecular weight is 591 g/mol. The molecule has 42 heavy (non-hydrogen) atoms. The van der Waals surface area contributed by atoms with E-state index in [1.807, 2.05) is 13.8 Å². The van der Waals surface area contributed by atoms with Gasteiger partial charge in [0.25, 0.3) is 0 Å². The Labute approximate surface area is 254 Å². The van der Waals surface area contributed by atoms with Crippen molar-refractivity contribution in [2.45, 2.75) is 125 Å². The molecule has 7 nitrogen and oxygen atoms in total. The summed E-state index contributed by atoms with van der Waals surface area (Å²) < 4.78 is 23.1. The van der Waals surface area contributed by atoms with Crippen LogP contribution in [-0.2, 0) is 33.3 Å². The third kappa shape index (κ3) is 7.02. The van der Waals surface area contributed by atoms with Crippen LogP contribution in [0.15, 0.2) is 0 Å². The maximum Gasteiger partial charge on any atom is 0.344 e. The third-order valence-corrected chi connectivity index (χ3v) is 12.2. The summed E-state index contributed by atoms with van der Waals surface area (Å²) in [6.07, 6.45) is 10.2. The van der Waals surface area contributed by atoms with Gasteiger partial charge in [-0.1, -0.05) is 54.4 Å². The SMILES string of the molecule is CC(C)C(C)(COCCOC(=O)C1CCCCC1C(=O)OCC(=O)OC(C)(C)C12CC3CC(CC(C3)C1)C2)C(C)(C)C. The summed E-state index contributed by atoms with van der Waals surface area (Å²) in [7, 11) is 0. The molecule has 7 heteroatoms. The van der Waals surface area contributed by atoms with Crippen molar-refractivity contribution in [1.82, 2.24) is 0 Å². The Hall–Kier alpha value is -1.63. The minimum Gasteiger partial charge on any atom is -0.463 e. The van der Waals surface area contributed by atoms with Crippen molar-refractivity contribution in [2.75, 3.05) is 26.4 Å². The quantitative estimate of drug-likeness (QED) is 0.136. The lowest BCUT2D eigenvalue weighted by molar-refractivity contribution is -0.203. The van der Waals surface area contributed by atoms with Crippen LogP contribution in [0.3, 0.4) is 0 Å². The lowest BCUT2D eigenvalue weighted by atomic mass is 9.46. The molecule has 5 aliphatic carbocycles. The van der Waals surface area contributed by atoms with Crippen molar-refractivity contribution < 1.29 is 33.3 Å². The maximum atomic E-state index is 13.1. The monoisotopic (exact) mass is 590 g/mol. The summed E-state index contributed by atoms with van der Waals surface area (Å²) in [5.41, 5.74) is -0.500. The molecule has 5 aliphatic rings. The van der Waals surface area contributed by atoms with E-state index in [0.29, 0.717) is 32.0 Å². The molecule has 0 spiro atoms. The molecule has 0 radical (unpaired) electrons. The van der Waals surface area contributed by atoms with Crippen LogP contribution in [0.2, 0.25) is 0 Å². The van der Waals surface area contributed by atoms with Gasteiger partial charge in [0.15, 0.2) is 6.61 Å². The highest BCUT2D eigenvalue weighted by Crippen LogP contribution is 2.64. The van der Waals surface area contributed by atoms with Gasteiger partial charge < -0.3 is 18.9 Å². The molecule has 3 atom stereocenters. The van der Waals surface area contributed by atoms with E-state index in [9.17, 15) is 14.4 Å². The standard InChI is InChI=1S/C35H58O7/c1-23(2)34(8,32(3,4)5)22-39-13-14-40-30(37)27-11-9-10-12-28(27)31(38)41-21-29(36)42-33(6,7)35-18-24-15-25(19-35)17-26(16-24)20-35/h23-28H,9-22H2,1-8H3. The van der Waals surface area contributed by atoms with E-state index in [4.69, 9.17) is 18.9 Å². The molecule has 0 aromatic rings. The molecule has 0 saturated heterocycles. The predicted molar refractivity (Wildman–Crippen MR) is 161 cm³/mol. The van der Waals surface area contributed by atoms with Gasteiger partial charge in [-0.25, -0.2) is 4.79 Å². The van der Waals surface area contributed by atoms with Gasteiger partial charge >= 0.3 is 17.9 Å². The Morgan fingerprint density at radius 3 is 1.74 bits per heavy atom. The van der Waals surface area contributed by atoms with Crippen molar-refractivity contribution in [1.29, 1.82) is 0 Å². The van der Waals surface area contributed by atoms with Gasteiger partial charge in [-0.2, -0.15) is 0 Å². The lowest BCUT2D eigenvalue weighted by Crippen LogP contribution is -2.57. The van der Waals surface area contributed by atoms with E-state index < -0.39 is 36.0 Å². The summed E-state index contributed by atoms with van der Waals surface area (Å²) in [6, 6.07) is 0. The van der Waals surface area contributed by atoms with Crippen molar-refractivity contribution in [3.05, 3.63) is 0 Å². The highest BCUT2D eigenvalue weighted by Gasteiger charge is 2.58. The molecule has 5 fully saturated rings.